The number of rotatable bonds is 7. The quantitative estimate of drug-likeness (QED) is 0.283. The topological polar surface area (TPSA) is 67.1 Å². The number of aliphatic imine (C=N–C) groups is 1. The molecule has 0 radical (unpaired) electrons. The van der Waals surface area contributed by atoms with Crippen LogP contribution < -0.4 is 10.6 Å². The van der Waals surface area contributed by atoms with Crippen LogP contribution in [0, 0.1) is 5.82 Å². The van der Waals surface area contributed by atoms with Crippen LogP contribution in [0.5, 0.6) is 0 Å². The molecule has 8 heteroatoms. The number of nitrogens with one attached hydrogen (secondary N) is 2. The monoisotopic (exact) mass is 520 g/mol. The third-order valence-corrected chi connectivity index (χ3v) is 5.23. The molecule has 0 unspecified atom stereocenters. The number of imidazole rings is 1. The van der Waals surface area contributed by atoms with E-state index in [1.54, 1.807) is 30.9 Å². The molecule has 2 N–H and O–H groups in total. The van der Waals surface area contributed by atoms with Gasteiger partial charge in [-0.1, -0.05) is 12.1 Å². The number of hydrogen-bond acceptors (Lipinski definition) is 3. The van der Waals surface area contributed by atoms with Gasteiger partial charge in [-0.15, -0.1) is 24.0 Å². The third kappa shape index (κ3) is 5.35. The molecular weight excluding hydrogens is 494 g/mol. The van der Waals surface area contributed by atoms with Crippen LogP contribution in [0.1, 0.15) is 30.9 Å². The summed E-state index contributed by atoms with van der Waals surface area (Å²) >= 11 is 0. The van der Waals surface area contributed by atoms with Crippen LogP contribution in [0.15, 0.2) is 66.3 Å². The van der Waals surface area contributed by atoms with Gasteiger partial charge in [-0.05, 0) is 55.2 Å². The molecule has 0 aliphatic heterocycles. The molecule has 2 heterocycles. The Morgan fingerprint density at radius 1 is 1.20 bits per heavy atom. The largest absolute Gasteiger partial charge is 0.357 e. The van der Waals surface area contributed by atoms with Crippen LogP contribution in [0.4, 0.5) is 4.39 Å². The molecular formula is C22H26FIN6. The van der Waals surface area contributed by atoms with Gasteiger partial charge in [0.1, 0.15) is 18.0 Å². The van der Waals surface area contributed by atoms with Gasteiger partial charge < -0.3 is 10.6 Å². The Bertz CT molecular complexity index is 985. The summed E-state index contributed by atoms with van der Waals surface area (Å²) in [6, 6.07) is 10.9. The minimum atomic E-state index is -0.180. The third-order valence-electron chi connectivity index (χ3n) is 5.23. The van der Waals surface area contributed by atoms with E-state index in [1.165, 1.54) is 6.07 Å². The van der Waals surface area contributed by atoms with Crippen molar-refractivity contribution >= 4 is 29.9 Å². The van der Waals surface area contributed by atoms with Crippen molar-refractivity contribution in [3.8, 4) is 5.82 Å². The van der Waals surface area contributed by atoms with Crippen LogP contribution in [0.25, 0.3) is 5.82 Å². The fraction of sp³-hybridized carbons (Fsp3) is 0.318. The first-order valence-electron chi connectivity index (χ1n) is 9.90. The lowest BCUT2D eigenvalue weighted by molar-refractivity contribution is 0.607. The Morgan fingerprint density at radius 3 is 2.77 bits per heavy atom. The second kappa shape index (κ2) is 10.0. The highest BCUT2D eigenvalue weighted by Gasteiger charge is 2.44. The van der Waals surface area contributed by atoms with Gasteiger partial charge in [-0.3, -0.25) is 4.57 Å². The molecule has 1 aliphatic rings. The molecule has 0 saturated heterocycles. The lowest BCUT2D eigenvalue weighted by Crippen LogP contribution is -2.41. The molecule has 0 spiro atoms. The summed E-state index contributed by atoms with van der Waals surface area (Å²) in [6.45, 7) is 4.08. The molecule has 158 valence electrons. The molecule has 0 bridgehead atoms. The van der Waals surface area contributed by atoms with E-state index in [0.29, 0.717) is 6.54 Å². The predicted molar refractivity (Wildman–Crippen MR) is 127 cm³/mol. The van der Waals surface area contributed by atoms with E-state index in [0.717, 1.165) is 48.8 Å². The predicted octanol–water partition coefficient (Wildman–Crippen LogP) is 3.81. The Morgan fingerprint density at radius 2 is 2.07 bits per heavy atom. The minimum absolute atomic E-state index is 0. The Hall–Kier alpha value is -2.49. The zero-order valence-corrected chi connectivity index (χ0v) is 19.2. The lowest BCUT2D eigenvalue weighted by atomic mass is 9.96. The van der Waals surface area contributed by atoms with Gasteiger partial charge in [0.2, 0.25) is 0 Å². The number of hydrogen-bond donors (Lipinski definition) is 2. The van der Waals surface area contributed by atoms with Crippen molar-refractivity contribution in [3.05, 3.63) is 78.3 Å². The molecule has 30 heavy (non-hydrogen) atoms. The normalized spacial score (nSPS) is 14.7. The van der Waals surface area contributed by atoms with E-state index in [2.05, 4.69) is 20.6 Å². The van der Waals surface area contributed by atoms with Crippen molar-refractivity contribution in [3.63, 3.8) is 0 Å². The Kier molecular flexibility index (Phi) is 7.41. The average molecular weight is 520 g/mol. The first-order chi connectivity index (χ1) is 14.2. The van der Waals surface area contributed by atoms with Crippen LogP contribution in [0.3, 0.4) is 0 Å². The standard InChI is InChI=1S/C22H25FN6.HI/c1-2-25-21(28-15-22(7-8-22)18-4-3-5-19(23)13-18)27-14-17-6-9-26-20(12-17)29-11-10-24-16-29;/h3-6,9-13,16H,2,7-8,14-15H2,1H3,(H2,25,27,28);1H. The van der Waals surface area contributed by atoms with Gasteiger partial charge in [-0.2, -0.15) is 0 Å². The van der Waals surface area contributed by atoms with Gasteiger partial charge in [0.25, 0.3) is 0 Å². The molecule has 4 rings (SSSR count). The van der Waals surface area contributed by atoms with E-state index < -0.39 is 0 Å². The summed E-state index contributed by atoms with van der Waals surface area (Å²) in [7, 11) is 0. The van der Waals surface area contributed by atoms with E-state index >= 15 is 0 Å². The van der Waals surface area contributed by atoms with E-state index in [9.17, 15) is 4.39 Å². The van der Waals surface area contributed by atoms with Gasteiger partial charge in [0.15, 0.2) is 5.96 Å². The van der Waals surface area contributed by atoms with E-state index in [4.69, 9.17) is 4.99 Å². The van der Waals surface area contributed by atoms with Crippen molar-refractivity contribution in [2.75, 3.05) is 13.1 Å². The number of guanidine groups is 1. The summed E-state index contributed by atoms with van der Waals surface area (Å²) in [6.07, 6.45) is 9.21. The van der Waals surface area contributed by atoms with Crippen molar-refractivity contribution in [2.24, 2.45) is 4.99 Å². The molecule has 1 aliphatic carbocycles. The molecule has 1 fully saturated rings. The molecule has 1 saturated carbocycles. The van der Waals surface area contributed by atoms with Crippen LogP contribution in [-0.4, -0.2) is 33.6 Å². The second-order valence-electron chi connectivity index (χ2n) is 7.33. The molecule has 2 aromatic heterocycles. The summed E-state index contributed by atoms with van der Waals surface area (Å²) in [5.74, 6) is 1.40. The van der Waals surface area contributed by atoms with Gasteiger partial charge in [-0.25, -0.2) is 19.4 Å². The Balaban J connectivity index is 0.00000256. The molecule has 0 amide bonds. The summed E-state index contributed by atoms with van der Waals surface area (Å²) < 4.78 is 15.5. The molecule has 6 nitrogen and oxygen atoms in total. The van der Waals surface area contributed by atoms with Gasteiger partial charge in [0.05, 0.1) is 6.54 Å². The summed E-state index contributed by atoms with van der Waals surface area (Å²) in [4.78, 5) is 13.2. The second-order valence-corrected chi connectivity index (χ2v) is 7.33. The number of pyridine rings is 1. The maximum Gasteiger partial charge on any atom is 0.191 e. The number of nitrogens with zero attached hydrogens (tertiary/aromatic N) is 4. The van der Waals surface area contributed by atoms with Crippen molar-refractivity contribution < 1.29 is 4.39 Å². The van der Waals surface area contributed by atoms with E-state index in [1.807, 2.05) is 35.9 Å². The number of halogens is 2. The van der Waals surface area contributed by atoms with Crippen molar-refractivity contribution in [1.82, 2.24) is 25.2 Å². The maximum absolute atomic E-state index is 13.6. The first-order valence-corrected chi connectivity index (χ1v) is 9.90. The number of benzene rings is 1. The average Bonchev–Trinajstić information content (AvgIpc) is 3.33. The minimum Gasteiger partial charge on any atom is -0.357 e. The number of aromatic nitrogens is 3. The van der Waals surface area contributed by atoms with Crippen LogP contribution in [0.2, 0.25) is 0 Å². The fourth-order valence-electron chi connectivity index (χ4n) is 3.40. The molecule has 0 atom stereocenters. The molecule has 1 aromatic carbocycles. The van der Waals surface area contributed by atoms with Gasteiger partial charge in [0, 0.05) is 37.1 Å². The van der Waals surface area contributed by atoms with Crippen molar-refractivity contribution in [1.29, 1.82) is 0 Å². The first kappa shape index (κ1) is 22.2. The van der Waals surface area contributed by atoms with Crippen LogP contribution in [-0.2, 0) is 12.0 Å². The highest BCUT2D eigenvalue weighted by molar-refractivity contribution is 14.0. The SMILES string of the molecule is CCNC(=NCc1ccnc(-n2ccnc2)c1)NCC1(c2cccc(F)c2)CC1.I. The Labute approximate surface area is 193 Å². The zero-order valence-electron chi connectivity index (χ0n) is 16.9. The summed E-state index contributed by atoms with van der Waals surface area (Å²) in [5.41, 5.74) is 2.12. The van der Waals surface area contributed by atoms with Gasteiger partial charge >= 0.3 is 0 Å². The lowest BCUT2D eigenvalue weighted by Gasteiger charge is -2.19. The van der Waals surface area contributed by atoms with Crippen molar-refractivity contribution in [2.45, 2.75) is 31.7 Å². The summed E-state index contributed by atoms with van der Waals surface area (Å²) in [5, 5.41) is 6.73. The highest BCUT2D eigenvalue weighted by Crippen LogP contribution is 2.47. The highest BCUT2D eigenvalue weighted by atomic mass is 127. The van der Waals surface area contributed by atoms with Crippen LogP contribution >= 0.6 is 24.0 Å². The maximum atomic E-state index is 13.6. The van der Waals surface area contributed by atoms with E-state index in [-0.39, 0.29) is 35.2 Å². The fourth-order valence-corrected chi connectivity index (χ4v) is 3.40. The smallest absolute Gasteiger partial charge is 0.191 e. The molecule has 3 aromatic rings. The zero-order chi connectivity index (χ0) is 20.1.